The molecule has 0 radical (unpaired) electrons. The van der Waals surface area contributed by atoms with Gasteiger partial charge in [-0.3, -0.25) is 4.79 Å². The molecule has 0 aromatic carbocycles. The Kier molecular flexibility index (Phi) is 6.74. The van der Waals surface area contributed by atoms with E-state index in [2.05, 4.69) is 22.3 Å². The van der Waals surface area contributed by atoms with Crippen LogP contribution in [0.4, 0.5) is 0 Å². The summed E-state index contributed by atoms with van der Waals surface area (Å²) >= 11 is 0. The number of piperidine rings is 1. The van der Waals surface area contributed by atoms with E-state index in [0.29, 0.717) is 24.8 Å². The van der Waals surface area contributed by atoms with Gasteiger partial charge in [0.15, 0.2) is 0 Å². The van der Waals surface area contributed by atoms with E-state index in [4.69, 9.17) is 0 Å². The molecule has 0 saturated carbocycles. The third kappa shape index (κ3) is 7.49. The fourth-order valence-electron chi connectivity index (χ4n) is 2.33. The van der Waals surface area contributed by atoms with Gasteiger partial charge in [-0.25, -0.2) is 13.1 Å². The second-order valence-corrected chi connectivity index (χ2v) is 7.14. The standard InChI is InChI=1S/C12H25N3O3S/c1-10(11-4-3-5-13-9-11)8-12(16)14-6-7-15-19(2,17)18/h10-11,13,15H,3-9H2,1-2H3,(H,14,16). The number of sulfonamides is 1. The maximum Gasteiger partial charge on any atom is 0.220 e. The molecule has 1 saturated heterocycles. The van der Waals surface area contributed by atoms with Gasteiger partial charge in [0.05, 0.1) is 6.26 Å². The number of rotatable bonds is 7. The molecular weight excluding hydrogens is 266 g/mol. The quantitative estimate of drug-likeness (QED) is 0.561. The fraction of sp³-hybridized carbons (Fsp3) is 0.917. The van der Waals surface area contributed by atoms with Crippen molar-refractivity contribution in [3.63, 3.8) is 0 Å². The number of hydrogen-bond donors (Lipinski definition) is 3. The van der Waals surface area contributed by atoms with Gasteiger partial charge in [0, 0.05) is 19.5 Å². The predicted molar refractivity (Wildman–Crippen MR) is 75.2 cm³/mol. The molecule has 1 rings (SSSR count). The molecule has 2 atom stereocenters. The molecule has 0 bridgehead atoms. The Labute approximate surface area is 115 Å². The first-order valence-corrected chi connectivity index (χ1v) is 8.69. The van der Waals surface area contributed by atoms with E-state index >= 15 is 0 Å². The number of amides is 1. The molecule has 19 heavy (non-hydrogen) atoms. The highest BCUT2D eigenvalue weighted by molar-refractivity contribution is 7.88. The van der Waals surface area contributed by atoms with Crippen LogP contribution < -0.4 is 15.4 Å². The third-order valence-electron chi connectivity index (χ3n) is 3.46. The second kappa shape index (κ2) is 7.81. The summed E-state index contributed by atoms with van der Waals surface area (Å²) < 4.78 is 24.0. The Morgan fingerprint density at radius 3 is 2.74 bits per heavy atom. The van der Waals surface area contributed by atoms with Crippen molar-refractivity contribution in [1.82, 2.24) is 15.4 Å². The van der Waals surface area contributed by atoms with E-state index in [1.165, 1.54) is 12.8 Å². The highest BCUT2D eigenvalue weighted by atomic mass is 32.2. The van der Waals surface area contributed by atoms with E-state index in [-0.39, 0.29) is 12.5 Å². The highest BCUT2D eigenvalue weighted by Crippen LogP contribution is 2.22. The summed E-state index contributed by atoms with van der Waals surface area (Å²) in [6.45, 7) is 4.74. The summed E-state index contributed by atoms with van der Waals surface area (Å²) in [6, 6.07) is 0. The molecule has 0 spiro atoms. The average Bonchev–Trinajstić information content (AvgIpc) is 2.34. The summed E-state index contributed by atoms with van der Waals surface area (Å²) in [4.78, 5) is 11.7. The Hall–Kier alpha value is -0.660. The van der Waals surface area contributed by atoms with Crippen LogP contribution in [0, 0.1) is 11.8 Å². The smallest absolute Gasteiger partial charge is 0.220 e. The molecule has 1 heterocycles. The van der Waals surface area contributed by atoms with Gasteiger partial charge in [0.2, 0.25) is 15.9 Å². The molecule has 0 aromatic heterocycles. The van der Waals surface area contributed by atoms with Gasteiger partial charge in [-0.15, -0.1) is 0 Å². The van der Waals surface area contributed by atoms with Gasteiger partial charge in [0.25, 0.3) is 0 Å². The average molecular weight is 291 g/mol. The van der Waals surface area contributed by atoms with E-state index in [1.807, 2.05) is 0 Å². The first-order chi connectivity index (χ1) is 8.88. The lowest BCUT2D eigenvalue weighted by molar-refractivity contribution is -0.122. The van der Waals surface area contributed by atoms with Crippen molar-refractivity contribution in [2.24, 2.45) is 11.8 Å². The molecule has 1 aliphatic rings. The molecule has 0 aliphatic carbocycles. The van der Waals surface area contributed by atoms with Gasteiger partial charge in [-0.2, -0.15) is 0 Å². The van der Waals surface area contributed by atoms with Crippen molar-refractivity contribution in [2.45, 2.75) is 26.2 Å². The Morgan fingerprint density at radius 2 is 2.16 bits per heavy atom. The van der Waals surface area contributed by atoms with Crippen molar-refractivity contribution in [1.29, 1.82) is 0 Å². The lowest BCUT2D eigenvalue weighted by atomic mass is 9.85. The first kappa shape index (κ1) is 16.4. The Balaban J connectivity index is 2.16. The SMILES string of the molecule is CC(CC(=O)NCCNS(C)(=O)=O)C1CCCNC1. The predicted octanol–water partition coefficient (Wildman–Crippen LogP) is -0.322. The van der Waals surface area contributed by atoms with Crippen LogP contribution in [0.3, 0.4) is 0 Å². The first-order valence-electron chi connectivity index (χ1n) is 6.80. The van der Waals surface area contributed by atoms with Crippen molar-refractivity contribution >= 4 is 15.9 Å². The number of carbonyl (C=O) groups excluding carboxylic acids is 1. The normalized spacial score (nSPS) is 21.9. The summed E-state index contributed by atoms with van der Waals surface area (Å²) in [5, 5.41) is 6.09. The van der Waals surface area contributed by atoms with Crippen molar-refractivity contribution < 1.29 is 13.2 Å². The van der Waals surface area contributed by atoms with E-state index in [1.54, 1.807) is 0 Å². The molecule has 3 N–H and O–H groups in total. The molecule has 1 amide bonds. The molecule has 0 aromatic rings. The Bertz CT molecular complexity index is 378. The zero-order valence-corrected chi connectivity index (χ0v) is 12.6. The van der Waals surface area contributed by atoms with E-state index in [9.17, 15) is 13.2 Å². The van der Waals surface area contributed by atoms with Gasteiger partial charge < -0.3 is 10.6 Å². The van der Waals surface area contributed by atoms with Crippen molar-refractivity contribution in [2.75, 3.05) is 32.4 Å². The zero-order chi connectivity index (χ0) is 14.3. The van der Waals surface area contributed by atoms with Gasteiger partial charge in [-0.05, 0) is 37.8 Å². The minimum absolute atomic E-state index is 0.00613. The number of nitrogens with one attached hydrogen (secondary N) is 3. The maximum atomic E-state index is 11.7. The summed E-state index contributed by atoms with van der Waals surface area (Å²) in [5.74, 6) is 0.915. The monoisotopic (exact) mass is 291 g/mol. The van der Waals surface area contributed by atoms with E-state index in [0.717, 1.165) is 19.3 Å². The minimum atomic E-state index is -3.17. The van der Waals surface area contributed by atoms with Crippen molar-refractivity contribution in [3.05, 3.63) is 0 Å². The fourth-order valence-corrected chi connectivity index (χ4v) is 2.81. The highest BCUT2D eigenvalue weighted by Gasteiger charge is 2.21. The van der Waals surface area contributed by atoms with Crippen LogP contribution in [-0.4, -0.2) is 46.8 Å². The minimum Gasteiger partial charge on any atom is -0.355 e. The van der Waals surface area contributed by atoms with Crippen LogP contribution >= 0.6 is 0 Å². The van der Waals surface area contributed by atoms with Gasteiger partial charge in [0.1, 0.15) is 0 Å². The van der Waals surface area contributed by atoms with Crippen LogP contribution in [-0.2, 0) is 14.8 Å². The molecule has 7 heteroatoms. The topological polar surface area (TPSA) is 87.3 Å². The van der Waals surface area contributed by atoms with Crippen LogP contribution in [0.5, 0.6) is 0 Å². The van der Waals surface area contributed by atoms with Gasteiger partial charge in [-0.1, -0.05) is 6.92 Å². The van der Waals surface area contributed by atoms with Crippen molar-refractivity contribution in [3.8, 4) is 0 Å². The van der Waals surface area contributed by atoms with Crippen LogP contribution in [0.25, 0.3) is 0 Å². The lowest BCUT2D eigenvalue weighted by Gasteiger charge is -2.28. The largest absolute Gasteiger partial charge is 0.355 e. The summed E-state index contributed by atoms with van der Waals surface area (Å²) in [5.41, 5.74) is 0. The van der Waals surface area contributed by atoms with Crippen LogP contribution in [0.1, 0.15) is 26.2 Å². The van der Waals surface area contributed by atoms with Crippen LogP contribution in [0.15, 0.2) is 0 Å². The molecule has 1 fully saturated rings. The second-order valence-electron chi connectivity index (χ2n) is 5.30. The molecule has 6 nitrogen and oxygen atoms in total. The number of hydrogen-bond acceptors (Lipinski definition) is 4. The molecule has 2 unspecified atom stereocenters. The van der Waals surface area contributed by atoms with E-state index < -0.39 is 10.0 Å². The lowest BCUT2D eigenvalue weighted by Crippen LogP contribution is -2.37. The number of carbonyl (C=O) groups is 1. The molecule has 112 valence electrons. The maximum absolute atomic E-state index is 11.7. The van der Waals surface area contributed by atoms with Gasteiger partial charge >= 0.3 is 0 Å². The summed E-state index contributed by atoms with van der Waals surface area (Å²) in [6.07, 6.45) is 3.96. The summed E-state index contributed by atoms with van der Waals surface area (Å²) in [7, 11) is -3.17. The zero-order valence-electron chi connectivity index (χ0n) is 11.7. The molecular formula is C12H25N3O3S. The third-order valence-corrected chi connectivity index (χ3v) is 4.19. The Morgan fingerprint density at radius 1 is 1.42 bits per heavy atom. The van der Waals surface area contributed by atoms with Crippen LogP contribution in [0.2, 0.25) is 0 Å². The molecule has 1 aliphatic heterocycles.